The minimum Gasteiger partial charge on any atom is -0.468 e. The van der Waals surface area contributed by atoms with Crippen molar-refractivity contribution in [1.29, 1.82) is 0 Å². The van der Waals surface area contributed by atoms with Crippen LogP contribution in [-0.2, 0) is 14.3 Å². The van der Waals surface area contributed by atoms with Crippen LogP contribution in [-0.4, -0.2) is 43.4 Å². The Morgan fingerprint density at radius 2 is 1.94 bits per heavy atom. The van der Waals surface area contributed by atoms with Crippen LogP contribution in [0.1, 0.15) is 20.3 Å². The van der Waals surface area contributed by atoms with Gasteiger partial charge in [-0.1, -0.05) is 29.8 Å². The average Bonchev–Trinajstić information content (AvgIpc) is 2.30. The van der Waals surface area contributed by atoms with Gasteiger partial charge in [0, 0.05) is 26.1 Å². The summed E-state index contributed by atoms with van der Waals surface area (Å²) in [6, 6.07) is 0. The number of rotatable bonds is 8. The average molecular weight is 309 g/mol. The molecule has 1 atom stereocenters. The number of nitrogens with one attached hydrogen (secondary N) is 2. The minimum atomic E-state index is -0.369. The zero-order valence-electron chi connectivity index (χ0n) is 10.6. The van der Waals surface area contributed by atoms with Gasteiger partial charge in [0.25, 0.3) is 0 Å². The number of methoxy groups -OCH3 is 1. The lowest BCUT2D eigenvalue weighted by molar-refractivity contribution is -0.139. The molecule has 1 unspecified atom stereocenters. The molecule has 0 aromatic rings. The van der Waals surface area contributed by atoms with Gasteiger partial charge in [0.1, 0.15) is 4.83 Å². The standard InChI is InChI=1S/C11H21BrN2O3/c1-8(2)6-14-10(15)4-5-13-7-9(12)11(16)17-3/h8-9,13H,4-7H2,1-3H3,(H,14,15). The van der Waals surface area contributed by atoms with Crippen molar-refractivity contribution in [3.05, 3.63) is 0 Å². The van der Waals surface area contributed by atoms with Gasteiger partial charge in [-0.25, -0.2) is 0 Å². The van der Waals surface area contributed by atoms with E-state index in [4.69, 9.17) is 0 Å². The molecule has 0 aromatic carbocycles. The predicted molar refractivity (Wildman–Crippen MR) is 70.1 cm³/mol. The molecule has 6 heteroatoms. The summed E-state index contributed by atoms with van der Waals surface area (Å²) in [5, 5.41) is 5.83. The van der Waals surface area contributed by atoms with Gasteiger partial charge in [-0.15, -0.1) is 0 Å². The Morgan fingerprint density at radius 3 is 2.47 bits per heavy atom. The highest BCUT2D eigenvalue weighted by Crippen LogP contribution is 1.99. The maximum Gasteiger partial charge on any atom is 0.320 e. The summed E-state index contributed by atoms with van der Waals surface area (Å²) in [6.45, 7) is 5.78. The summed E-state index contributed by atoms with van der Waals surface area (Å²) in [5.74, 6) is 0.162. The first kappa shape index (κ1) is 16.4. The van der Waals surface area contributed by atoms with Gasteiger partial charge < -0.3 is 15.4 Å². The third-order valence-corrected chi connectivity index (χ3v) is 2.71. The number of hydrogen-bond acceptors (Lipinski definition) is 4. The maximum absolute atomic E-state index is 11.3. The Kier molecular flexibility index (Phi) is 9.07. The van der Waals surface area contributed by atoms with E-state index in [9.17, 15) is 9.59 Å². The summed E-state index contributed by atoms with van der Waals surface area (Å²) in [7, 11) is 1.34. The van der Waals surface area contributed by atoms with E-state index in [-0.39, 0.29) is 16.7 Å². The number of carbonyl (C=O) groups is 2. The predicted octanol–water partition coefficient (Wildman–Crippen LogP) is 0.675. The molecule has 5 nitrogen and oxygen atoms in total. The molecule has 2 N–H and O–H groups in total. The Labute approximate surface area is 111 Å². The van der Waals surface area contributed by atoms with Crippen LogP contribution in [0, 0.1) is 5.92 Å². The summed E-state index contributed by atoms with van der Waals surface area (Å²) >= 11 is 3.18. The quantitative estimate of drug-likeness (QED) is 0.393. The monoisotopic (exact) mass is 308 g/mol. The van der Waals surface area contributed by atoms with Crippen LogP contribution in [0.4, 0.5) is 0 Å². The fourth-order valence-electron chi connectivity index (χ4n) is 1.05. The molecule has 0 saturated heterocycles. The van der Waals surface area contributed by atoms with Crippen molar-refractivity contribution in [2.75, 3.05) is 26.7 Å². The van der Waals surface area contributed by atoms with Gasteiger partial charge in [0.2, 0.25) is 5.91 Å². The zero-order valence-corrected chi connectivity index (χ0v) is 12.2. The number of halogens is 1. The van der Waals surface area contributed by atoms with Crippen LogP contribution in [0.15, 0.2) is 0 Å². The first-order valence-corrected chi connectivity index (χ1v) is 6.58. The van der Waals surface area contributed by atoms with Crippen LogP contribution in [0.2, 0.25) is 0 Å². The van der Waals surface area contributed by atoms with Gasteiger partial charge >= 0.3 is 5.97 Å². The highest BCUT2D eigenvalue weighted by molar-refractivity contribution is 9.10. The third kappa shape index (κ3) is 9.12. The maximum atomic E-state index is 11.3. The summed E-state index contributed by atoms with van der Waals surface area (Å²) in [6.07, 6.45) is 0.410. The second-order valence-electron chi connectivity index (χ2n) is 4.14. The highest BCUT2D eigenvalue weighted by Gasteiger charge is 2.14. The van der Waals surface area contributed by atoms with Gasteiger partial charge in [-0.2, -0.15) is 0 Å². The van der Waals surface area contributed by atoms with Crippen molar-refractivity contribution in [3.8, 4) is 0 Å². The Morgan fingerprint density at radius 1 is 1.29 bits per heavy atom. The SMILES string of the molecule is COC(=O)C(Br)CNCCC(=O)NCC(C)C. The van der Waals surface area contributed by atoms with E-state index in [1.807, 2.05) is 13.8 Å². The van der Waals surface area contributed by atoms with Gasteiger partial charge in [-0.3, -0.25) is 9.59 Å². The minimum absolute atomic E-state index is 0.0235. The molecule has 0 aliphatic rings. The van der Waals surface area contributed by atoms with Crippen molar-refractivity contribution < 1.29 is 14.3 Å². The normalized spacial score (nSPS) is 12.3. The molecule has 100 valence electrons. The van der Waals surface area contributed by atoms with Crippen LogP contribution < -0.4 is 10.6 Å². The Bertz CT molecular complexity index is 247. The number of alkyl halides is 1. The van der Waals surface area contributed by atoms with Crippen LogP contribution in [0.3, 0.4) is 0 Å². The van der Waals surface area contributed by atoms with Crippen molar-refractivity contribution in [2.45, 2.75) is 25.1 Å². The van der Waals surface area contributed by atoms with Crippen LogP contribution >= 0.6 is 15.9 Å². The molecule has 0 bridgehead atoms. The second-order valence-corrected chi connectivity index (χ2v) is 5.25. The first-order valence-electron chi connectivity index (χ1n) is 5.66. The van der Waals surface area contributed by atoms with Crippen LogP contribution in [0.5, 0.6) is 0 Å². The molecule has 0 saturated carbocycles. The van der Waals surface area contributed by atoms with Gasteiger partial charge in [-0.05, 0) is 5.92 Å². The molecule has 0 aliphatic heterocycles. The molecule has 1 amide bonds. The molecule has 17 heavy (non-hydrogen) atoms. The summed E-state index contributed by atoms with van der Waals surface area (Å²) in [4.78, 5) is 22.0. The van der Waals surface area contributed by atoms with E-state index in [2.05, 4.69) is 31.3 Å². The highest BCUT2D eigenvalue weighted by atomic mass is 79.9. The molecule has 0 aliphatic carbocycles. The second kappa shape index (κ2) is 9.41. The zero-order chi connectivity index (χ0) is 13.3. The van der Waals surface area contributed by atoms with Crippen molar-refractivity contribution >= 4 is 27.8 Å². The Balaban J connectivity index is 3.51. The van der Waals surface area contributed by atoms with Crippen molar-refractivity contribution in [3.63, 3.8) is 0 Å². The third-order valence-electron chi connectivity index (χ3n) is 2.02. The topological polar surface area (TPSA) is 67.4 Å². The molecular weight excluding hydrogens is 288 g/mol. The van der Waals surface area contributed by atoms with Crippen molar-refractivity contribution in [1.82, 2.24) is 10.6 Å². The molecule has 0 radical (unpaired) electrons. The van der Waals surface area contributed by atoms with Crippen LogP contribution in [0.25, 0.3) is 0 Å². The summed E-state index contributed by atoms with van der Waals surface area (Å²) < 4.78 is 4.55. The fraction of sp³-hybridized carbons (Fsp3) is 0.818. The molecule has 0 rings (SSSR count). The van der Waals surface area contributed by atoms with Crippen molar-refractivity contribution in [2.24, 2.45) is 5.92 Å². The Hall–Kier alpha value is -0.620. The molecule has 0 spiro atoms. The lowest BCUT2D eigenvalue weighted by atomic mass is 10.2. The van der Waals surface area contributed by atoms with Gasteiger partial charge in [0.15, 0.2) is 0 Å². The van der Waals surface area contributed by atoms with E-state index in [0.717, 1.165) is 0 Å². The molecule has 0 aromatic heterocycles. The number of amides is 1. The number of hydrogen-bond donors (Lipinski definition) is 2. The lowest BCUT2D eigenvalue weighted by Crippen LogP contribution is -2.34. The first-order chi connectivity index (χ1) is 7.97. The summed E-state index contributed by atoms with van der Waals surface area (Å²) in [5.41, 5.74) is 0. The molecule has 0 fully saturated rings. The van der Waals surface area contributed by atoms with E-state index < -0.39 is 0 Å². The van der Waals surface area contributed by atoms with E-state index in [1.54, 1.807) is 0 Å². The molecular formula is C11H21BrN2O3. The van der Waals surface area contributed by atoms with Gasteiger partial charge in [0.05, 0.1) is 7.11 Å². The number of esters is 1. The largest absolute Gasteiger partial charge is 0.468 e. The lowest BCUT2D eigenvalue weighted by Gasteiger charge is -2.10. The van der Waals surface area contributed by atoms with E-state index in [1.165, 1.54) is 7.11 Å². The number of ether oxygens (including phenoxy) is 1. The van der Waals surface area contributed by atoms with E-state index >= 15 is 0 Å². The fourth-order valence-corrected chi connectivity index (χ4v) is 1.46. The van der Waals surface area contributed by atoms with E-state index in [0.29, 0.717) is 32.0 Å². The number of carbonyl (C=O) groups excluding carboxylic acids is 2. The molecule has 0 heterocycles. The smallest absolute Gasteiger partial charge is 0.320 e.